The van der Waals surface area contributed by atoms with Crippen molar-refractivity contribution in [3.05, 3.63) is 0 Å². The van der Waals surface area contributed by atoms with Crippen LogP contribution in [0.4, 0.5) is 0 Å². The first-order valence-electron chi connectivity index (χ1n) is 4.27. The number of rotatable bonds is 2. The fraction of sp³-hybridized carbons (Fsp3) is 0.875. The van der Waals surface area contributed by atoms with Gasteiger partial charge in [0, 0.05) is 5.92 Å². The molecule has 1 rings (SSSR count). The number of hydroxylamine groups is 2. The van der Waals surface area contributed by atoms with E-state index in [4.69, 9.17) is 9.94 Å². The molecule has 70 valence electrons. The van der Waals surface area contributed by atoms with Gasteiger partial charge in [0.15, 0.2) is 0 Å². The Labute approximate surface area is 72.1 Å². The maximum absolute atomic E-state index is 11.4. The van der Waals surface area contributed by atoms with Crippen molar-refractivity contribution < 1.29 is 14.7 Å². The standard InChI is InChI=1S/C8H15NO3/c1-3-6(2)8(11)9-4-7(10)5-12-9/h6-7,10H,3-5H2,1-2H3. The molecule has 2 unspecified atom stereocenters. The van der Waals surface area contributed by atoms with Crippen LogP contribution < -0.4 is 0 Å². The van der Waals surface area contributed by atoms with Crippen LogP contribution >= 0.6 is 0 Å². The number of β-amino-alcohol motifs (C(OH)–C–C–N with tert-alkyl or cyclic N) is 1. The van der Waals surface area contributed by atoms with Crippen LogP contribution in [0.1, 0.15) is 20.3 Å². The molecule has 0 radical (unpaired) electrons. The number of carbonyl (C=O) groups is 1. The van der Waals surface area contributed by atoms with E-state index in [0.717, 1.165) is 6.42 Å². The molecule has 1 N–H and O–H groups in total. The second-order valence-electron chi connectivity index (χ2n) is 3.16. The van der Waals surface area contributed by atoms with Gasteiger partial charge in [-0.15, -0.1) is 0 Å². The molecule has 12 heavy (non-hydrogen) atoms. The molecule has 0 aromatic heterocycles. The van der Waals surface area contributed by atoms with E-state index in [1.54, 1.807) is 0 Å². The topological polar surface area (TPSA) is 49.8 Å². The molecule has 0 spiro atoms. The lowest BCUT2D eigenvalue weighted by Crippen LogP contribution is -2.32. The largest absolute Gasteiger partial charge is 0.389 e. The Kier molecular flexibility index (Phi) is 3.05. The average molecular weight is 173 g/mol. The van der Waals surface area contributed by atoms with Crippen molar-refractivity contribution in [1.29, 1.82) is 0 Å². The third kappa shape index (κ3) is 1.95. The molecule has 4 heteroatoms. The minimum Gasteiger partial charge on any atom is -0.389 e. The molecule has 1 aliphatic heterocycles. The monoisotopic (exact) mass is 173 g/mol. The summed E-state index contributed by atoms with van der Waals surface area (Å²) in [5.41, 5.74) is 0. The van der Waals surface area contributed by atoms with Gasteiger partial charge < -0.3 is 5.11 Å². The summed E-state index contributed by atoms with van der Waals surface area (Å²) in [6.07, 6.45) is 0.285. The summed E-state index contributed by atoms with van der Waals surface area (Å²) in [5, 5.41) is 10.3. The Hall–Kier alpha value is -0.610. The first-order chi connectivity index (χ1) is 5.65. The van der Waals surface area contributed by atoms with E-state index in [0.29, 0.717) is 6.54 Å². The van der Waals surface area contributed by atoms with Gasteiger partial charge in [0.25, 0.3) is 0 Å². The number of hydrogen-bond acceptors (Lipinski definition) is 3. The zero-order chi connectivity index (χ0) is 9.14. The van der Waals surface area contributed by atoms with E-state index in [-0.39, 0.29) is 18.4 Å². The van der Waals surface area contributed by atoms with Crippen molar-refractivity contribution in [2.75, 3.05) is 13.2 Å². The predicted octanol–water partition coefficient (Wildman–Crippen LogP) is 0.167. The van der Waals surface area contributed by atoms with Crippen molar-refractivity contribution in [3.8, 4) is 0 Å². The van der Waals surface area contributed by atoms with Crippen LogP contribution in [0.25, 0.3) is 0 Å². The Morgan fingerprint density at radius 2 is 2.50 bits per heavy atom. The van der Waals surface area contributed by atoms with Crippen LogP contribution in [0.5, 0.6) is 0 Å². The molecule has 0 aliphatic carbocycles. The van der Waals surface area contributed by atoms with E-state index in [2.05, 4.69) is 0 Å². The molecule has 1 heterocycles. The summed E-state index contributed by atoms with van der Waals surface area (Å²) < 4.78 is 0. The van der Waals surface area contributed by atoms with Gasteiger partial charge in [0.1, 0.15) is 6.61 Å². The van der Waals surface area contributed by atoms with Gasteiger partial charge in [0.05, 0.1) is 12.6 Å². The van der Waals surface area contributed by atoms with Crippen LogP contribution in [-0.2, 0) is 9.63 Å². The summed E-state index contributed by atoms with van der Waals surface area (Å²) >= 11 is 0. The third-order valence-corrected chi connectivity index (χ3v) is 2.08. The van der Waals surface area contributed by atoms with E-state index >= 15 is 0 Å². The minimum absolute atomic E-state index is 0.0182. The van der Waals surface area contributed by atoms with Gasteiger partial charge in [-0.2, -0.15) is 0 Å². The fourth-order valence-electron chi connectivity index (χ4n) is 1.05. The SMILES string of the molecule is CCC(C)C(=O)N1CC(O)CO1. The maximum Gasteiger partial charge on any atom is 0.249 e. The summed E-state index contributed by atoms with van der Waals surface area (Å²) in [4.78, 5) is 16.4. The van der Waals surface area contributed by atoms with Crippen molar-refractivity contribution in [3.63, 3.8) is 0 Å². The van der Waals surface area contributed by atoms with Crippen molar-refractivity contribution >= 4 is 5.91 Å². The highest BCUT2D eigenvalue weighted by Gasteiger charge is 2.28. The molecule has 0 bridgehead atoms. The van der Waals surface area contributed by atoms with Crippen molar-refractivity contribution in [2.24, 2.45) is 5.92 Å². The zero-order valence-corrected chi connectivity index (χ0v) is 7.49. The maximum atomic E-state index is 11.4. The van der Waals surface area contributed by atoms with Crippen LogP contribution in [0.2, 0.25) is 0 Å². The molecule has 0 aromatic rings. The smallest absolute Gasteiger partial charge is 0.249 e. The normalized spacial score (nSPS) is 25.9. The van der Waals surface area contributed by atoms with Gasteiger partial charge >= 0.3 is 0 Å². The first kappa shape index (κ1) is 9.48. The Balaban J connectivity index is 2.43. The Morgan fingerprint density at radius 3 is 2.92 bits per heavy atom. The number of aliphatic hydroxyl groups is 1. The average Bonchev–Trinajstić information content (AvgIpc) is 2.49. The first-order valence-corrected chi connectivity index (χ1v) is 4.27. The Bertz CT molecular complexity index is 172. The lowest BCUT2D eigenvalue weighted by molar-refractivity contribution is -0.173. The molecule has 2 atom stereocenters. The molecule has 0 saturated carbocycles. The summed E-state index contributed by atoms with van der Waals surface area (Å²) in [6.45, 7) is 4.36. The Morgan fingerprint density at radius 1 is 1.83 bits per heavy atom. The van der Waals surface area contributed by atoms with E-state index in [9.17, 15) is 4.79 Å². The highest BCUT2D eigenvalue weighted by molar-refractivity contribution is 5.77. The molecular weight excluding hydrogens is 158 g/mol. The molecule has 1 amide bonds. The number of amides is 1. The number of aliphatic hydroxyl groups excluding tert-OH is 1. The van der Waals surface area contributed by atoms with Gasteiger partial charge in [-0.1, -0.05) is 13.8 Å². The van der Waals surface area contributed by atoms with E-state index in [1.165, 1.54) is 5.06 Å². The second kappa shape index (κ2) is 3.87. The second-order valence-corrected chi connectivity index (χ2v) is 3.16. The highest BCUT2D eigenvalue weighted by atomic mass is 16.7. The molecule has 1 saturated heterocycles. The van der Waals surface area contributed by atoms with Gasteiger partial charge in [0.2, 0.25) is 5.91 Å². The molecule has 0 aromatic carbocycles. The zero-order valence-electron chi connectivity index (χ0n) is 7.49. The van der Waals surface area contributed by atoms with Crippen LogP contribution in [0.15, 0.2) is 0 Å². The van der Waals surface area contributed by atoms with Crippen LogP contribution in [0.3, 0.4) is 0 Å². The molecule has 1 aliphatic rings. The summed E-state index contributed by atoms with van der Waals surface area (Å²) in [5.74, 6) is -0.0515. The molecular formula is C8H15NO3. The van der Waals surface area contributed by atoms with Crippen molar-refractivity contribution in [2.45, 2.75) is 26.4 Å². The van der Waals surface area contributed by atoms with E-state index in [1.807, 2.05) is 13.8 Å². The van der Waals surface area contributed by atoms with Crippen LogP contribution in [0, 0.1) is 5.92 Å². The number of hydrogen-bond donors (Lipinski definition) is 1. The van der Waals surface area contributed by atoms with Crippen molar-refractivity contribution in [1.82, 2.24) is 5.06 Å². The fourth-order valence-corrected chi connectivity index (χ4v) is 1.05. The minimum atomic E-state index is -0.516. The summed E-state index contributed by atoms with van der Waals surface area (Å²) in [6, 6.07) is 0. The van der Waals surface area contributed by atoms with E-state index < -0.39 is 6.10 Å². The van der Waals surface area contributed by atoms with Gasteiger partial charge in [-0.3, -0.25) is 9.63 Å². The highest BCUT2D eigenvalue weighted by Crippen LogP contribution is 2.12. The number of carbonyl (C=O) groups excluding carboxylic acids is 1. The van der Waals surface area contributed by atoms with Crippen LogP contribution in [-0.4, -0.2) is 35.3 Å². The molecule has 1 fully saturated rings. The predicted molar refractivity (Wildman–Crippen MR) is 43.1 cm³/mol. The number of nitrogens with zero attached hydrogens (tertiary/aromatic N) is 1. The molecule has 4 nitrogen and oxygen atoms in total. The quantitative estimate of drug-likeness (QED) is 0.647. The van der Waals surface area contributed by atoms with Gasteiger partial charge in [-0.25, -0.2) is 5.06 Å². The van der Waals surface area contributed by atoms with Gasteiger partial charge in [-0.05, 0) is 6.42 Å². The lowest BCUT2D eigenvalue weighted by Gasteiger charge is -2.17. The summed E-state index contributed by atoms with van der Waals surface area (Å²) in [7, 11) is 0. The lowest BCUT2D eigenvalue weighted by atomic mass is 10.1. The third-order valence-electron chi connectivity index (χ3n) is 2.08.